The maximum atomic E-state index is 14.0. The molecule has 2 aliphatic rings. The van der Waals surface area contributed by atoms with Crippen molar-refractivity contribution in [2.24, 2.45) is 0 Å². The quantitative estimate of drug-likeness (QED) is 0.716. The number of hydrogen-bond acceptors (Lipinski definition) is 4. The van der Waals surface area contributed by atoms with E-state index < -0.39 is 11.6 Å². The highest BCUT2D eigenvalue weighted by Gasteiger charge is 2.31. The lowest BCUT2D eigenvalue weighted by atomic mass is 9.95. The highest BCUT2D eigenvalue weighted by molar-refractivity contribution is 5.92. The second kappa shape index (κ2) is 6.00. The van der Waals surface area contributed by atoms with Gasteiger partial charge in [0.2, 0.25) is 0 Å². The van der Waals surface area contributed by atoms with Crippen LogP contribution in [0.25, 0.3) is 10.9 Å². The van der Waals surface area contributed by atoms with Crippen LogP contribution in [0.15, 0.2) is 30.7 Å². The van der Waals surface area contributed by atoms with E-state index in [1.165, 1.54) is 18.9 Å². The molecule has 1 aromatic carbocycles. The third-order valence-corrected chi connectivity index (χ3v) is 5.48. The van der Waals surface area contributed by atoms with Crippen molar-refractivity contribution in [1.82, 2.24) is 19.7 Å². The van der Waals surface area contributed by atoms with Gasteiger partial charge in [-0.15, -0.1) is 10.2 Å². The van der Waals surface area contributed by atoms with Gasteiger partial charge in [0.05, 0.1) is 0 Å². The summed E-state index contributed by atoms with van der Waals surface area (Å²) in [5.41, 5.74) is 1.06. The molecule has 134 valence electrons. The Morgan fingerprint density at radius 3 is 2.62 bits per heavy atom. The van der Waals surface area contributed by atoms with E-state index in [-0.39, 0.29) is 5.52 Å². The average Bonchev–Trinajstić information content (AvgIpc) is 3.38. The minimum absolute atomic E-state index is 0.222. The molecule has 2 fully saturated rings. The predicted molar refractivity (Wildman–Crippen MR) is 94.1 cm³/mol. The Morgan fingerprint density at radius 2 is 1.85 bits per heavy atom. The lowest BCUT2D eigenvalue weighted by molar-refractivity contribution is 0.465. The third kappa shape index (κ3) is 2.62. The van der Waals surface area contributed by atoms with E-state index >= 15 is 0 Å². The van der Waals surface area contributed by atoms with Crippen LogP contribution in [0, 0.1) is 11.6 Å². The zero-order valence-electron chi connectivity index (χ0n) is 14.3. The molecule has 5 nitrogen and oxygen atoms in total. The number of fused-ring (bicyclic) bond motifs is 1. The van der Waals surface area contributed by atoms with Gasteiger partial charge in [-0.25, -0.2) is 8.78 Å². The van der Waals surface area contributed by atoms with Gasteiger partial charge in [0.25, 0.3) is 0 Å². The largest absolute Gasteiger partial charge is 0.371 e. The van der Waals surface area contributed by atoms with E-state index in [0.717, 1.165) is 43.5 Å². The van der Waals surface area contributed by atoms with Crippen molar-refractivity contribution in [3.05, 3.63) is 48.2 Å². The fourth-order valence-electron chi connectivity index (χ4n) is 4.00. The van der Waals surface area contributed by atoms with Crippen LogP contribution in [0.1, 0.15) is 43.5 Å². The number of anilines is 1. The van der Waals surface area contributed by atoms with Crippen LogP contribution in [0.3, 0.4) is 0 Å². The summed E-state index contributed by atoms with van der Waals surface area (Å²) in [6, 6.07) is 4.68. The maximum absolute atomic E-state index is 14.0. The molecule has 3 heterocycles. The van der Waals surface area contributed by atoms with Crippen molar-refractivity contribution < 1.29 is 8.78 Å². The predicted octanol–water partition coefficient (Wildman–Crippen LogP) is 3.82. The molecule has 2 aromatic heterocycles. The summed E-state index contributed by atoms with van der Waals surface area (Å²) in [6.07, 6.45) is 7.77. The molecule has 0 spiro atoms. The monoisotopic (exact) mass is 355 g/mol. The molecule has 1 aliphatic carbocycles. The molecule has 3 aromatic rings. The first-order valence-corrected chi connectivity index (χ1v) is 9.09. The smallest absolute Gasteiger partial charge is 0.152 e. The number of hydrogen-bond donors (Lipinski definition) is 0. The van der Waals surface area contributed by atoms with Crippen molar-refractivity contribution in [3.63, 3.8) is 0 Å². The van der Waals surface area contributed by atoms with Crippen LogP contribution in [0.4, 0.5) is 14.5 Å². The van der Waals surface area contributed by atoms with Gasteiger partial charge in [-0.2, -0.15) is 0 Å². The second-order valence-electron chi connectivity index (χ2n) is 7.20. The van der Waals surface area contributed by atoms with E-state index in [1.807, 2.05) is 12.4 Å². The molecule has 5 rings (SSSR count). The summed E-state index contributed by atoms with van der Waals surface area (Å²) in [6.45, 7) is 1.64. The number of pyridine rings is 1. The summed E-state index contributed by atoms with van der Waals surface area (Å²) >= 11 is 0. The molecule has 0 N–H and O–H groups in total. The van der Waals surface area contributed by atoms with Crippen LogP contribution in [0.2, 0.25) is 0 Å². The summed E-state index contributed by atoms with van der Waals surface area (Å²) < 4.78 is 30.0. The highest BCUT2D eigenvalue weighted by Crippen LogP contribution is 2.39. The molecular weight excluding hydrogens is 336 g/mol. The Bertz CT molecular complexity index is 958. The zero-order chi connectivity index (χ0) is 17.7. The number of nitrogens with zero attached hydrogens (tertiary/aromatic N) is 5. The average molecular weight is 355 g/mol. The Labute approximate surface area is 149 Å². The summed E-state index contributed by atoms with van der Waals surface area (Å²) in [4.78, 5) is 6.27. The molecule has 0 amide bonds. The molecule has 7 heteroatoms. The van der Waals surface area contributed by atoms with Gasteiger partial charge in [0.1, 0.15) is 23.5 Å². The SMILES string of the molecule is Fc1cc(F)c2nccc(N3CCC(c4nncn4C4CC4)CC3)c2c1. The zero-order valence-corrected chi connectivity index (χ0v) is 14.3. The van der Waals surface area contributed by atoms with E-state index in [9.17, 15) is 8.78 Å². The first-order chi connectivity index (χ1) is 12.7. The molecule has 1 aliphatic heterocycles. The van der Waals surface area contributed by atoms with E-state index in [4.69, 9.17) is 0 Å². The van der Waals surface area contributed by atoms with Crippen LogP contribution in [-0.2, 0) is 0 Å². The van der Waals surface area contributed by atoms with Gasteiger partial charge in [0, 0.05) is 48.4 Å². The molecule has 0 radical (unpaired) electrons. The van der Waals surface area contributed by atoms with Crippen molar-refractivity contribution in [3.8, 4) is 0 Å². The maximum Gasteiger partial charge on any atom is 0.152 e. The lowest BCUT2D eigenvalue weighted by Crippen LogP contribution is -2.33. The highest BCUT2D eigenvalue weighted by atomic mass is 19.1. The van der Waals surface area contributed by atoms with Gasteiger partial charge in [-0.1, -0.05) is 0 Å². The summed E-state index contributed by atoms with van der Waals surface area (Å²) in [5, 5.41) is 8.99. The molecule has 0 bridgehead atoms. The Morgan fingerprint density at radius 1 is 1.04 bits per heavy atom. The second-order valence-corrected chi connectivity index (χ2v) is 7.20. The van der Waals surface area contributed by atoms with Gasteiger partial charge >= 0.3 is 0 Å². The normalized spacial score (nSPS) is 18.6. The molecule has 26 heavy (non-hydrogen) atoms. The number of aromatic nitrogens is 4. The van der Waals surface area contributed by atoms with Gasteiger partial charge < -0.3 is 9.47 Å². The van der Waals surface area contributed by atoms with E-state index in [0.29, 0.717) is 17.3 Å². The fourth-order valence-corrected chi connectivity index (χ4v) is 4.00. The molecule has 1 saturated heterocycles. The van der Waals surface area contributed by atoms with Crippen LogP contribution in [-0.4, -0.2) is 32.8 Å². The molecule has 0 atom stereocenters. The van der Waals surface area contributed by atoms with Crippen molar-refractivity contribution in [1.29, 1.82) is 0 Å². The summed E-state index contributed by atoms with van der Waals surface area (Å²) in [5.74, 6) is 0.283. The minimum atomic E-state index is -0.616. The fraction of sp³-hybridized carbons (Fsp3) is 0.421. The van der Waals surface area contributed by atoms with Gasteiger partial charge in [0.15, 0.2) is 5.82 Å². The number of rotatable bonds is 3. The standard InChI is InChI=1S/C19H19F2N5/c20-13-9-15-17(3-6-22-18(15)16(21)10-13)25-7-4-12(5-8-25)19-24-23-11-26(19)14-1-2-14/h3,6,9-12,14H,1-2,4-5,7-8H2. The molecule has 1 saturated carbocycles. The van der Waals surface area contributed by atoms with Crippen molar-refractivity contribution in [2.45, 2.75) is 37.6 Å². The first-order valence-electron chi connectivity index (χ1n) is 9.09. The number of piperidine rings is 1. The Hall–Kier alpha value is -2.57. The molecule has 0 unspecified atom stereocenters. The van der Waals surface area contributed by atoms with Gasteiger partial charge in [-0.3, -0.25) is 4.98 Å². The third-order valence-electron chi connectivity index (χ3n) is 5.48. The van der Waals surface area contributed by atoms with E-state index in [2.05, 4.69) is 24.6 Å². The lowest BCUT2D eigenvalue weighted by Gasteiger charge is -2.34. The first kappa shape index (κ1) is 15.7. The van der Waals surface area contributed by atoms with Crippen molar-refractivity contribution >= 4 is 16.6 Å². The molecular formula is C19H19F2N5. The topological polar surface area (TPSA) is 46.8 Å². The van der Waals surface area contributed by atoms with Crippen molar-refractivity contribution in [2.75, 3.05) is 18.0 Å². The summed E-state index contributed by atoms with van der Waals surface area (Å²) in [7, 11) is 0. The van der Waals surface area contributed by atoms with Gasteiger partial charge in [-0.05, 0) is 37.8 Å². The Balaban J connectivity index is 1.40. The van der Waals surface area contributed by atoms with E-state index in [1.54, 1.807) is 6.20 Å². The van der Waals surface area contributed by atoms with Crippen LogP contribution in [0.5, 0.6) is 0 Å². The Kier molecular flexibility index (Phi) is 3.62. The number of halogens is 2. The van der Waals surface area contributed by atoms with Crippen LogP contribution < -0.4 is 4.90 Å². The number of benzene rings is 1. The minimum Gasteiger partial charge on any atom is -0.371 e. The van der Waals surface area contributed by atoms with Crippen LogP contribution >= 0.6 is 0 Å².